The van der Waals surface area contributed by atoms with Crippen molar-refractivity contribution in [2.24, 2.45) is 0 Å². The fraction of sp³-hybridized carbons (Fsp3) is 0.350. The van der Waals surface area contributed by atoms with Gasteiger partial charge in [0.25, 0.3) is 0 Å². The zero-order valence-corrected chi connectivity index (χ0v) is 15.7. The van der Waals surface area contributed by atoms with Crippen LogP contribution in [0.4, 0.5) is 0 Å². The summed E-state index contributed by atoms with van der Waals surface area (Å²) in [6.45, 7) is 3.73. The van der Waals surface area contributed by atoms with Crippen molar-refractivity contribution in [3.63, 3.8) is 0 Å². The number of nitrogens with zero attached hydrogens (tertiary/aromatic N) is 1. The van der Waals surface area contributed by atoms with Crippen LogP contribution >= 0.6 is 0 Å². The SMILES string of the molecule is CC(C)S(=O)(=O)NC1CCc2cc(COc3ccccc3C#N)ccc21. The van der Waals surface area contributed by atoms with Crippen LogP contribution in [0, 0.1) is 11.3 Å². The summed E-state index contributed by atoms with van der Waals surface area (Å²) in [4.78, 5) is 0. The Morgan fingerprint density at radius 2 is 2.04 bits per heavy atom. The normalized spacial score (nSPS) is 16.3. The van der Waals surface area contributed by atoms with Crippen molar-refractivity contribution in [2.75, 3.05) is 0 Å². The monoisotopic (exact) mass is 370 g/mol. The first-order valence-corrected chi connectivity index (χ1v) is 10.2. The van der Waals surface area contributed by atoms with Crippen LogP contribution in [0.1, 0.15) is 48.6 Å². The molecule has 0 radical (unpaired) electrons. The molecule has 26 heavy (non-hydrogen) atoms. The first-order chi connectivity index (χ1) is 12.4. The molecule has 0 fully saturated rings. The molecule has 1 aliphatic rings. The highest BCUT2D eigenvalue weighted by Gasteiger charge is 2.28. The van der Waals surface area contributed by atoms with Crippen LogP contribution in [0.3, 0.4) is 0 Å². The molecule has 0 amide bonds. The predicted molar refractivity (Wildman–Crippen MR) is 100 cm³/mol. The number of nitrogens with one attached hydrogen (secondary N) is 1. The van der Waals surface area contributed by atoms with Crippen LogP contribution in [0.2, 0.25) is 0 Å². The van der Waals surface area contributed by atoms with E-state index in [-0.39, 0.29) is 6.04 Å². The largest absolute Gasteiger partial charge is 0.488 e. The van der Waals surface area contributed by atoms with Gasteiger partial charge in [0, 0.05) is 6.04 Å². The Bertz CT molecular complexity index is 946. The predicted octanol–water partition coefficient (Wildman–Crippen LogP) is 3.45. The number of rotatable bonds is 6. The molecule has 0 spiro atoms. The summed E-state index contributed by atoms with van der Waals surface area (Å²) in [6.07, 6.45) is 1.60. The molecule has 1 N–H and O–H groups in total. The van der Waals surface area contributed by atoms with Gasteiger partial charge in [-0.3, -0.25) is 0 Å². The summed E-state index contributed by atoms with van der Waals surface area (Å²) < 4.78 is 32.8. The minimum atomic E-state index is -3.29. The topological polar surface area (TPSA) is 79.2 Å². The van der Waals surface area contributed by atoms with E-state index in [9.17, 15) is 8.42 Å². The molecule has 0 saturated heterocycles. The van der Waals surface area contributed by atoms with Crippen molar-refractivity contribution in [3.05, 3.63) is 64.7 Å². The molecule has 1 unspecified atom stereocenters. The summed E-state index contributed by atoms with van der Waals surface area (Å²) in [7, 11) is -3.29. The number of hydrogen-bond donors (Lipinski definition) is 1. The van der Waals surface area contributed by atoms with Crippen LogP contribution in [0.25, 0.3) is 0 Å². The summed E-state index contributed by atoms with van der Waals surface area (Å²) >= 11 is 0. The molecule has 1 aliphatic carbocycles. The summed E-state index contributed by atoms with van der Waals surface area (Å²) in [5, 5.41) is 8.67. The molecule has 0 aromatic heterocycles. The van der Waals surface area contributed by atoms with Crippen LogP contribution in [0.15, 0.2) is 42.5 Å². The van der Waals surface area contributed by atoms with Crippen LogP contribution < -0.4 is 9.46 Å². The van der Waals surface area contributed by atoms with Gasteiger partial charge in [0.15, 0.2) is 0 Å². The van der Waals surface area contributed by atoms with Gasteiger partial charge < -0.3 is 4.74 Å². The third-order valence-corrected chi connectivity index (χ3v) is 6.47. The number of para-hydroxylation sites is 1. The lowest BCUT2D eigenvalue weighted by molar-refractivity contribution is 0.305. The summed E-state index contributed by atoms with van der Waals surface area (Å²) in [5.41, 5.74) is 3.70. The second kappa shape index (κ2) is 7.48. The van der Waals surface area contributed by atoms with E-state index in [0.29, 0.717) is 17.9 Å². The van der Waals surface area contributed by atoms with Gasteiger partial charge >= 0.3 is 0 Å². The van der Waals surface area contributed by atoms with Crippen molar-refractivity contribution in [1.82, 2.24) is 4.72 Å². The Balaban J connectivity index is 1.72. The maximum Gasteiger partial charge on any atom is 0.214 e. The molecule has 6 heteroatoms. The van der Waals surface area contributed by atoms with E-state index in [1.165, 1.54) is 0 Å². The highest BCUT2D eigenvalue weighted by molar-refractivity contribution is 7.90. The highest BCUT2D eigenvalue weighted by atomic mass is 32.2. The van der Waals surface area contributed by atoms with Gasteiger partial charge in [0.05, 0.1) is 10.8 Å². The van der Waals surface area contributed by atoms with Crippen molar-refractivity contribution in [1.29, 1.82) is 5.26 Å². The molecule has 3 rings (SSSR count). The zero-order valence-electron chi connectivity index (χ0n) is 14.9. The highest BCUT2D eigenvalue weighted by Crippen LogP contribution is 2.33. The minimum Gasteiger partial charge on any atom is -0.488 e. The quantitative estimate of drug-likeness (QED) is 0.845. The third kappa shape index (κ3) is 3.90. The lowest BCUT2D eigenvalue weighted by atomic mass is 10.1. The zero-order chi connectivity index (χ0) is 18.7. The first-order valence-electron chi connectivity index (χ1n) is 8.65. The van der Waals surface area contributed by atoms with Crippen molar-refractivity contribution < 1.29 is 13.2 Å². The van der Waals surface area contributed by atoms with E-state index in [0.717, 1.165) is 29.5 Å². The molecule has 5 nitrogen and oxygen atoms in total. The lowest BCUT2D eigenvalue weighted by Crippen LogP contribution is -2.33. The molecule has 0 heterocycles. The fourth-order valence-corrected chi connectivity index (χ4v) is 3.98. The lowest BCUT2D eigenvalue weighted by Gasteiger charge is -2.17. The van der Waals surface area contributed by atoms with E-state index in [1.807, 2.05) is 18.2 Å². The summed E-state index contributed by atoms with van der Waals surface area (Å²) in [5.74, 6) is 0.568. The number of ether oxygens (including phenoxy) is 1. The molecular formula is C20H22N2O3S. The molecule has 2 aromatic carbocycles. The van der Waals surface area contributed by atoms with Crippen molar-refractivity contribution >= 4 is 10.0 Å². The van der Waals surface area contributed by atoms with Gasteiger partial charge in [-0.1, -0.05) is 30.3 Å². The van der Waals surface area contributed by atoms with Gasteiger partial charge in [0.1, 0.15) is 18.4 Å². The number of benzene rings is 2. The van der Waals surface area contributed by atoms with Crippen LogP contribution in [-0.2, 0) is 23.1 Å². The molecule has 0 saturated carbocycles. The van der Waals surface area contributed by atoms with E-state index in [1.54, 1.807) is 32.0 Å². The number of sulfonamides is 1. The second-order valence-corrected chi connectivity index (χ2v) is 9.00. The van der Waals surface area contributed by atoms with Gasteiger partial charge in [-0.05, 0) is 55.5 Å². The average Bonchev–Trinajstić information content (AvgIpc) is 3.01. The maximum absolute atomic E-state index is 12.1. The fourth-order valence-electron chi connectivity index (χ4n) is 3.06. The first kappa shape index (κ1) is 18.4. The van der Waals surface area contributed by atoms with E-state index >= 15 is 0 Å². The molecule has 136 valence electrons. The molecule has 0 aliphatic heterocycles. The Hall–Kier alpha value is -2.36. The Morgan fingerprint density at radius 1 is 1.27 bits per heavy atom. The molecule has 2 aromatic rings. The van der Waals surface area contributed by atoms with Gasteiger partial charge in [0.2, 0.25) is 10.0 Å². The number of hydrogen-bond acceptors (Lipinski definition) is 4. The Labute approximate surface area is 154 Å². The number of fused-ring (bicyclic) bond motifs is 1. The van der Waals surface area contributed by atoms with Crippen LogP contribution in [0.5, 0.6) is 5.75 Å². The van der Waals surface area contributed by atoms with Crippen LogP contribution in [-0.4, -0.2) is 13.7 Å². The minimum absolute atomic E-state index is 0.160. The maximum atomic E-state index is 12.1. The Morgan fingerprint density at radius 3 is 2.77 bits per heavy atom. The summed E-state index contributed by atoms with van der Waals surface area (Å²) in [6, 6.07) is 15.1. The number of aryl methyl sites for hydroxylation is 1. The number of nitriles is 1. The Kier molecular flexibility index (Phi) is 5.30. The van der Waals surface area contributed by atoms with Crippen molar-refractivity contribution in [2.45, 2.75) is 44.6 Å². The van der Waals surface area contributed by atoms with E-state index in [2.05, 4.69) is 16.9 Å². The molecule has 0 bridgehead atoms. The molecule has 1 atom stereocenters. The molecular weight excluding hydrogens is 348 g/mol. The van der Waals surface area contributed by atoms with E-state index in [4.69, 9.17) is 10.00 Å². The van der Waals surface area contributed by atoms with Gasteiger partial charge in [-0.25, -0.2) is 13.1 Å². The van der Waals surface area contributed by atoms with Gasteiger partial charge in [-0.2, -0.15) is 5.26 Å². The third-order valence-electron chi connectivity index (χ3n) is 4.61. The van der Waals surface area contributed by atoms with Gasteiger partial charge in [-0.15, -0.1) is 0 Å². The second-order valence-electron chi connectivity index (χ2n) is 6.73. The smallest absolute Gasteiger partial charge is 0.214 e. The van der Waals surface area contributed by atoms with Crippen molar-refractivity contribution in [3.8, 4) is 11.8 Å². The average molecular weight is 370 g/mol. The van der Waals surface area contributed by atoms with E-state index < -0.39 is 15.3 Å². The standard InChI is InChI=1S/C20H22N2O3S/c1-14(2)26(23,24)22-19-10-8-16-11-15(7-9-18(16)19)13-25-20-6-4-3-5-17(20)12-21/h3-7,9,11,14,19,22H,8,10,13H2,1-2H3.